The van der Waals surface area contributed by atoms with Crippen LogP contribution in [0, 0.1) is 0 Å². The number of phosphoric acid groups is 1. The number of rotatable bonds is 6. The zero-order valence-electron chi connectivity index (χ0n) is 12.4. The Hall–Kier alpha value is -1.62. The molecule has 0 aliphatic heterocycles. The molecule has 0 aliphatic rings. The molecule has 6 nitrogen and oxygen atoms in total. The molecule has 1 rings (SSSR count). The van der Waals surface area contributed by atoms with Crippen molar-refractivity contribution in [1.82, 2.24) is 0 Å². The van der Waals surface area contributed by atoms with E-state index in [-0.39, 0.29) is 11.3 Å². The first kappa shape index (κ1) is 17.4. The highest BCUT2D eigenvalue weighted by Gasteiger charge is 2.32. The molecule has 0 saturated carbocycles. The number of hydrogen-bond acceptors (Lipinski definition) is 6. The summed E-state index contributed by atoms with van der Waals surface area (Å²) in [5, 5.41) is 9.76. The van der Waals surface area contributed by atoms with Crippen LogP contribution in [0.4, 0.5) is 0 Å². The summed E-state index contributed by atoms with van der Waals surface area (Å²) in [5.41, 5.74) is 0.804. The topological polar surface area (TPSA) is 82.1 Å². The molecule has 0 aromatic heterocycles. The Balaban J connectivity index is 3.07. The lowest BCUT2D eigenvalue weighted by molar-refractivity contribution is -0.132. The van der Waals surface area contributed by atoms with Gasteiger partial charge in [0, 0.05) is 20.1 Å². The Morgan fingerprint density at radius 2 is 1.71 bits per heavy atom. The van der Waals surface area contributed by atoms with Gasteiger partial charge in [0.2, 0.25) is 0 Å². The smallest absolute Gasteiger partial charge is 0.512 e. The fraction of sp³-hybridized carbons (Fsp3) is 0.357. The first-order chi connectivity index (χ1) is 9.84. The van der Waals surface area contributed by atoms with Crippen molar-refractivity contribution in [2.75, 3.05) is 14.2 Å². The van der Waals surface area contributed by atoms with Gasteiger partial charge in [-0.3, -0.25) is 9.05 Å². The molecular formula is C14H19O6P. The molecule has 1 atom stereocenters. The highest BCUT2D eigenvalue weighted by atomic mass is 31.2. The molecule has 1 aromatic rings. The van der Waals surface area contributed by atoms with Gasteiger partial charge in [-0.15, -0.1) is 0 Å². The molecule has 21 heavy (non-hydrogen) atoms. The van der Waals surface area contributed by atoms with Crippen molar-refractivity contribution in [1.29, 1.82) is 0 Å². The second kappa shape index (κ2) is 7.41. The van der Waals surface area contributed by atoms with E-state index in [1.165, 1.54) is 6.92 Å². The Morgan fingerprint density at radius 1 is 1.19 bits per heavy atom. The maximum Gasteiger partial charge on any atom is 0.531 e. The molecule has 7 heteroatoms. The van der Waals surface area contributed by atoms with E-state index >= 15 is 0 Å². The summed E-state index contributed by atoms with van der Waals surface area (Å²) >= 11 is 0. The quantitative estimate of drug-likeness (QED) is 0.491. The lowest BCUT2D eigenvalue weighted by atomic mass is 9.92. The van der Waals surface area contributed by atoms with Crippen LogP contribution in [0.5, 0.6) is 0 Å². The second-order valence-electron chi connectivity index (χ2n) is 4.32. The highest BCUT2D eigenvalue weighted by molar-refractivity contribution is 7.49. The van der Waals surface area contributed by atoms with Crippen LogP contribution in [0.15, 0.2) is 41.7 Å². The van der Waals surface area contributed by atoms with E-state index in [0.717, 1.165) is 19.8 Å². The lowest BCUT2D eigenvalue weighted by Crippen LogP contribution is -2.15. The Bertz CT molecular complexity index is 554. The summed E-state index contributed by atoms with van der Waals surface area (Å²) in [6, 6.07) is 9.10. The molecule has 116 valence electrons. The number of aliphatic hydroxyl groups is 1. The zero-order valence-corrected chi connectivity index (χ0v) is 13.3. The number of benzene rings is 1. The van der Waals surface area contributed by atoms with Crippen molar-refractivity contribution in [3.63, 3.8) is 0 Å². The monoisotopic (exact) mass is 314 g/mol. The molecule has 0 aliphatic carbocycles. The van der Waals surface area contributed by atoms with Gasteiger partial charge in [-0.05, 0) is 12.5 Å². The van der Waals surface area contributed by atoms with Crippen LogP contribution in [-0.4, -0.2) is 25.3 Å². The Kier molecular flexibility index (Phi) is 6.15. The van der Waals surface area contributed by atoms with E-state index in [0.29, 0.717) is 0 Å². The summed E-state index contributed by atoms with van der Waals surface area (Å²) in [6.45, 7) is 3.09. The zero-order chi connectivity index (χ0) is 16.0. The van der Waals surface area contributed by atoms with Crippen LogP contribution >= 0.6 is 7.82 Å². The molecule has 0 radical (unpaired) electrons. The number of allylic oxidation sites excluding steroid dienone is 1. The predicted molar refractivity (Wildman–Crippen MR) is 77.9 cm³/mol. The predicted octanol–water partition coefficient (Wildman–Crippen LogP) is 3.57. The molecule has 1 N–H and O–H groups in total. The Labute approximate surface area is 124 Å². The van der Waals surface area contributed by atoms with E-state index in [1.807, 2.05) is 30.3 Å². The highest BCUT2D eigenvalue weighted by Crippen LogP contribution is 2.48. The van der Waals surface area contributed by atoms with Crippen LogP contribution in [0.25, 0.3) is 0 Å². The number of aliphatic hydroxyl groups excluding tert-OH is 1. The summed E-state index contributed by atoms with van der Waals surface area (Å²) in [4.78, 5) is 12.2. The minimum absolute atomic E-state index is 0.00414. The van der Waals surface area contributed by atoms with Crippen LogP contribution in [0.1, 0.15) is 25.3 Å². The molecule has 0 bridgehead atoms. The number of carbonyl (C=O) groups is 1. The average molecular weight is 314 g/mol. The van der Waals surface area contributed by atoms with Crippen LogP contribution < -0.4 is 0 Å². The van der Waals surface area contributed by atoms with Crippen molar-refractivity contribution < 1.29 is 28.0 Å². The second-order valence-corrected chi connectivity index (χ2v) is 6.13. The third kappa shape index (κ3) is 4.43. The standard InChI is InChI=1S/C14H19O6P/c1-10(12-8-6-5-7-9-12)13(11(2)15)14(16)20-21(17,18-3)19-4/h5-10,15H,1-4H3/b13-11-. The fourth-order valence-electron chi connectivity index (χ4n) is 1.85. The molecule has 0 heterocycles. The van der Waals surface area contributed by atoms with Gasteiger partial charge in [-0.2, -0.15) is 0 Å². The fourth-order valence-corrected chi connectivity index (χ4v) is 2.45. The van der Waals surface area contributed by atoms with Crippen molar-refractivity contribution in [2.45, 2.75) is 19.8 Å². The van der Waals surface area contributed by atoms with Gasteiger partial charge >= 0.3 is 13.8 Å². The minimum Gasteiger partial charge on any atom is -0.512 e. The normalized spacial score (nSPS) is 14.3. The van der Waals surface area contributed by atoms with Crippen molar-refractivity contribution >= 4 is 13.8 Å². The average Bonchev–Trinajstić information content (AvgIpc) is 2.47. The van der Waals surface area contributed by atoms with Gasteiger partial charge < -0.3 is 9.63 Å². The number of phosphoric ester groups is 1. The minimum atomic E-state index is -3.96. The van der Waals surface area contributed by atoms with E-state index in [4.69, 9.17) is 4.52 Å². The maximum absolute atomic E-state index is 12.2. The first-order valence-electron chi connectivity index (χ1n) is 6.24. The maximum atomic E-state index is 12.2. The third-order valence-corrected chi connectivity index (χ3v) is 4.27. The summed E-state index contributed by atoms with van der Waals surface area (Å²) in [7, 11) is -1.75. The number of carbonyl (C=O) groups excluding carboxylic acids is 1. The molecule has 1 unspecified atom stereocenters. The molecule has 0 saturated heterocycles. The summed E-state index contributed by atoms with van der Waals surface area (Å²) in [6.07, 6.45) is 0. The van der Waals surface area contributed by atoms with Crippen molar-refractivity contribution in [3.05, 3.63) is 47.2 Å². The molecular weight excluding hydrogens is 295 g/mol. The van der Waals surface area contributed by atoms with Crippen molar-refractivity contribution in [2.24, 2.45) is 0 Å². The molecule has 1 aromatic carbocycles. The first-order valence-corrected chi connectivity index (χ1v) is 7.70. The van der Waals surface area contributed by atoms with Crippen molar-refractivity contribution in [3.8, 4) is 0 Å². The van der Waals surface area contributed by atoms with Gasteiger partial charge in [-0.25, -0.2) is 9.36 Å². The van der Waals surface area contributed by atoms with Gasteiger partial charge in [0.25, 0.3) is 0 Å². The van der Waals surface area contributed by atoms with Gasteiger partial charge in [-0.1, -0.05) is 37.3 Å². The SMILES string of the molecule is COP(=O)(OC)OC(=O)/C(=C(/C)O)C(C)c1ccccc1. The van der Waals surface area contributed by atoms with Crippen LogP contribution in [0.2, 0.25) is 0 Å². The Morgan fingerprint density at radius 3 is 2.14 bits per heavy atom. The van der Waals surface area contributed by atoms with Crippen LogP contribution in [-0.2, 0) is 22.9 Å². The van der Waals surface area contributed by atoms with Gasteiger partial charge in [0.1, 0.15) is 5.76 Å². The van der Waals surface area contributed by atoms with E-state index in [9.17, 15) is 14.5 Å². The van der Waals surface area contributed by atoms with Gasteiger partial charge in [0.05, 0.1) is 5.57 Å². The van der Waals surface area contributed by atoms with Gasteiger partial charge in [0.15, 0.2) is 0 Å². The molecule has 0 fully saturated rings. The van der Waals surface area contributed by atoms with E-state index in [1.54, 1.807) is 6.92 Å². The molecule has 0 amide bonds. The lowest BCUT2D eigenvalue weighted by Gasteiger charge is -2.18. The summed E-state index contributed by atoms with van der Waals surface area (Å²) < 4.78 is 25.7. The third-order valence-electron chi connectivity index (χ3n) is 2.98. The number of hydrogen-bond donors (Lipinski definition) is 1. The van der Waals surface area contributed by atoms with E-state index in [2.05, 4.69) is 9.05 Å². The largest absolute Gasteiger partial charge is 0.531 e. The molecule has 0 spiro atoms. The van der Waals surface area contributed by atoms with Crippen LogP contribution in [0.3, 0.4) is 0 Å². The summed E-state index contributed by atoms with van der Waals surface area (Å²) in [5.74, 6) is -1.60. The van der Waals surface area contributed by atoms with E-state index < -0.39 is 19.7 Å².